The van der Waals surface area contributed by atoms with Crippen molar-refractivity contribution in [1.82, 2.24) is 25.1 Å². The van der Waals surface area contributed by atoms with Crippen LogP contribution >= 0.6 is 15.9 Å². The van der Waals surface area contributed by atoms with Crippen molar-refractivity contribution in [2.24, 2.45) is 0 Å². The summed E-state index contributed by atoms with van der Waals surface area (Å²) in [5, 5.41) is 11.5. The smallest absolute Gasteiger partial charge is 0.138 e. The van der Waals surface area contributed by atoms with Crippen molar-refractivity contribution < 1.29 is 0 Å². The molecule has 0 bridgehead atoms. The molecule has 6 nitrogen and oxygen atoms in total. The van der Waals surface area contributed by atoms with E-state index in [2.05, 4.69) is 52.5 Å². The molecule has 0 aliphatic heterocycles. The number of imidazole rings is 1. The number of anilines is 2. The van der Waals surface area contributed by atoms with E-state index >= 15 is 0 Å². The first kappa shape index (κ1) is 17.5. The quantitative estimate of drug-likeness (QED) is 0.354. The van der Waals surface area contributed by atoms with Gasteiger partial charge in [-0.2, -0.15) is 10.2 Å². The molecule has 0 aliphatic carbocycles. The third kappa shape index (κ3) is 3.72. The van der Waals surface area contributed by atoms with Gasteiger partial charge in [0.05, 0.1) is 22.9 Å². The number of H-pyrrole nitrogens is 1. The van der Waals surface area contributed by atoms with Crippen LogP contribution in [0.5, 0.6) is 0 Å². The van der Waals surface area contributed by atoms with Gasteiger partial charge in [0.2, 0.25) is 0 Å². The fourth-order valence-corrected chi connectivity index (χ4v) is 3.43. The summed E-state index contributed by atoms with van der Waals surface area (Å²) < 4.78 is 0.767. The zero-order valence-electron chi connectivity index (χ0n) is 15.2. The molecule has 0 atom stereocenters. The Morgan fingerprint density at radius 3 is 2.59 bits per heavy atom. The highest BCUT2D eigenvalue weighted by Crippen LogP contribution is 2.26. The molecule has 0 aliphatic rings. The molecule has 0 amide bonds. The molecule has 29 heavy (non-hydrogen) atoms. The molecule has 5 rings (SSSR count). The van der Waals surface area contributed by atoms with E-state index in [-0.39, 0.29) is 0 Å². The second-order valence-electron chi connectivity index (χ2n) is 6.50. The summed E-state index contributed by atoms with van der Waals surface area (Å²) in [4.78, 5) is 12.2. The zero-order valence-corrected chi connectivity index (χ0v) is 16.8. The summed E-state index contributed by atoms with van der Waals surface area (Å²) in [6.45, 7) is 0. The van der Waals surface area contributed by atoms with E-state index < -0.39 is 0 Å². The minimum atomic E-state index is 0.767. The molecule has 5 aromatic rings. The molecule has 2 N–H and O–H groups in total. The highest BCUT2D eigenvalue weighted by molar-refractivity contribution is 9.10. The van der Waals surface area contributed by atoms with Crippen LogP contribution in [0.2, 0.25) is 0 Å². The van der Waals surface area contributed by atoms with Gasteiger partial charge in [0.1, 0.15) is 10.4 Å². The highest BCUT2D eigenvalue weighted by Gasteiger charge is 2.07. The highest BCUT2D eigenvalue weighted by atomic mass is 79.9. The standard InChI is InChI=1S/C22H15BrN6/c23-21-12-19-20(13-24-21)28-22(27-19)15-3-1-4-17(11-15)26-16-8-6-14(7-9-16)18-5-2-10-25-29-18/h1-13,26H,(H,27,28). The van der Waals surface area contributed by atoms with Crippen molar-refractivity contribution in [2.75, 3.05) is 5.32 Å². The molecule has 0 radical (unpaired) electrons. The van der Waals surface area contributed by atoms with Crippen molar-refractivity contribution in [3.8, 4) is 22.6 Å². The molecule has 7 heteroatoms. The van der Waals surface area contributed by atoms with Gasteiger partial charge in [0.15, 0.2) is 0 Å². The lowest BCUT2D eigenvalue weighted by molar-refractivity contribution is 1.04. The van der Waals surface area contributed by atoms with Gasteiger partial charge < -0.3 is 10.3 Å². The normalized spacial score (nSPS) is 10.9. The zero-order chi connectivity index (χ0) is 19.6. The van der Waals surface area contributed by atoms with Gasteiger partial charge in [-0.05, 0) is 58.4 Å². The largest absolute Gasteiger partial charge is 0.356 e. The van der Waals surface area contributed by atoms with Crippen molar-refractivity contribution in [2.45, 2.75) is 0 Å². The molecule has 0 saturated heterocycles. The fraction of sp³-hybridized carbons (Fsp3) is 0. The van der Waals surface area contributed by atoms with Crippen molar-refractivity contribution in [1.29, 1.82) is 0 Å². The molecular weight excluding hydrogens is 428 g/mol. The molecular formula is C22H15BrN6. The van der Waals surface area contributed by atoms with Crippen LogP contribution in [0.3, 0.4) is 0 Å². The van der Waals surface area contributed by atoms with Crippen LogP contribution in [0.25, 0.3) is 33.7 Å². The van der Waals surface area contributed by atoms with Crippen LogP contribution in [-0.2, 0) is 0 Å². The van der Waals surface area contributed by atoms with Crippen LogP contribution in [0.1, 0.15) is 0 Å². The van der Waals surface area contributed by atoms with Crippen LogP contribution in [-0.4, -0.2) is 25.1 Å². The van der Waals surface area contributed by atoms with Gasteiger partial charge in [-0.3, -0.25) is 0 Å². The van der Waals surface area contributed by atoms with E-state index in [1.54, 1.807) is 12.4 Å². The van der Waals surface area contributed by atoms with Gasteiger partial charge in [-0.15, -0.1) is 0 Å². The maximum atomic E-state index is 4.67. The summed E-state index contributed by atoms with van der Waals surface area (Å²) >= 11 is 3.38. The number of benzene rings is 2. The van der Waals surface area contributed by atoms with E-state index in [1.165, 1.54) is 0 Å². The Hall–Kier alpha value is -3.58. The lowest BCUT2D eigenvalue weighted by Crippen LogP contribution is -1.92. The lowest BCUT2D eigenvalue weighted by atomic mass is 10.1. The first-order valence-corrected chi connectivity index (χ1v) is 9.81. The average molecular weight is 443 g/mol. The molecule has 0 fully saturated rings. The third-order valence-electron chi connectivity index (χ3n) is 4.51. The predicted octanol–water partition coefficient (Wildman–Crippen LogP) is 5.59. The number of nitrogens with zero attached hydrogens (tertiary/aromatic N) is 4. The van der Waals surface area contributed by atoms with E-state index in [0.29, 0.717) is 0 Å². The number of fused-ring (bicyclic) bond motifs is 1. The number of hydrogen-bond donors (Lipinski definition) is 2. The third-order valence-corrected chi connectivity index (χ3v) is 4.95. The molecule has 2 aromatic carbocycles. The van der Waals surface area contributed by atoms with Gasteiger partial charge in [0, 0.05) is 28.7 Å². The summed E-state index contributed by atoms with van der Waals surface area (Å²) in [6, 6.07) is 22.0. The van der Waals surface area contributed by atoms with Crippen LogP contribution in [0, 0.1) is 0 Å². The van der Waals surface area contributed by atoms with E-state index in [0.717, 1.165) is 49.7 Å². The summed E-state index contributed by atoms with van der Waals surface area (Å²) in [5.41, 5.74) is 6.63. The van der Waals surface area contributed by atoms with E-state index in [1.807, 2.05) is 60.7 Å². The first-order valence-electron chi connectivity index (χ1n) is 9.01. The monoisotopic (exact) mass is 442 g/mol. The predicted molar refractivity (Wildman–Crippen MR) is 118 cm³/mol. The van der Waals surface area contributed by atoms with Crippen molar-refractivity contribution >= 4 is 38.3 Å². The Balaban J connectivity index is 1.39. The van der Waals surface area contributed by atoms with Crippen molar-refractivity contribution in [3.05, 3.63) is 83.7 Å². The summed E-state index contributed by atoms with van der Waals surface area (Å²) in [6.07, 6.45) is 3.44. The van der Waals surface area contributed by atoms with Crippen LogP contribution < -0.4 is 5.32 Å². The Labute approximate surface area is 175 Å². The van der Waals surface area contributed by atoms with E-state index in [9.17, 15) is 0 Å². The topological polar surface area (TPSA) is 79.4 Å². The maximum Gasteiger partial charge on any atom is 0.138 e. The van der Waals surface area contributed by atoms with Crippen LogP contribution in [0.4, 0.5) is 11.4 Å². The second-order valence-corrected chi connectivity index (χ2v) is 7.31. The number of halogens is 1. The second kappa shape index (κ2) is 7.44. The van der Waals surface area contributed by atoms with Gasteiger partial charge in [0.25, 0.3) is 0 Å². The van der Waals surface area contributed by atoms with Gasteiger partial charge in [-0.1, -0.05) is 24.3 Å². The Kier molecular flexibility index (Phi) is 4.50. The summed E-state index contributed by atoms with van der Waals surface area (Å²) in [5.74, 6) is 0.807. The Morgan fingerprint density at radius 1 is 0.862 bits per heavy atom. The molecule has 0 unspecified atom stereocenters. The first-order chi connectivity index (χ1) is 14.2. The molecule has 3 heterocycles. The summed E-state index contributed by atoms with van der Waals surface area (Å²) in [7, 11) is 0. The molecule has 3 aromatic heterocycles. The average Bonchev–Trinajstić information content (AvgIpc) is 3.18. The maximum absolute atomic E-state index is 4.67. The van der Waals surface area contributed by atoms with Crippen LogP contribution in [0.15, 0.2) is 83.7 Å². The number of rotatable bonds is 4. The minimum absolute atomic E-state index is 0.767. The number of aromatic amines is 1. The lowest BCUT2D eigenvalue weighted by Gasteiger charge is -2.08. The Morgan fingerprint density at radius 2 is 1.76 bits per heavy atom. The van der Waals surface area contributed by atoms with Gasteiger partial charge in [-0.25, -0.2) is 9.97 Å². The molecule has 140 valence electrons. The van der Waals surface area contributed by atoms with E-state index in [4.69, 9.17) is 0 Å². The fourth-order valence-electron chi connectivity index (χ4n) is 3.11. The number of nitrogens with one attached hydrogen (secondary N) is 2. The number of hydrogen-bond acceptors (Lipinski definition) is 5. The number of pyridine rings is 1. The van der Waals surface area contributed by atoms with Gasteiger partial charge >= 0.3 is 0 Å². The minimum Gasteiger partial charge on any atom is -0.356 e. The van der Waals surface area contributed by atoms with Crippen molar-refractivity contribution in [3.63, 3.8) is 0 Å². The molecule has 0 spiro atoms. The molecule has 0 saturated carbocycles. The number of aromatic nitrogens is 5. The Bertz CT molecular complexity index is 1280. The SMILES string of the molecule is Brc1cc2nc(-c3cccc(Nc4ccc(-c5cccnn5)cc4)c3)[nH]c2cn1.